The zero-order valence-corrected chi connectivity index (χ0v) is 18.4. The van der Waals surface area contributed by atoms with Crippen molar-refractivity contribution >= 4 is 11.6 Å². The zero-order chi connectivity index (χ0) is 24.7. The summed E-state index contributed by atoms with van der Waals surface area (Å²) in [5.41, 5.74) is 1.55. The molecule has 0 aliphatic carbocycles. The normalized spacial score (nSPS) is 28.7. The van der Waals surface area contributed by atoms with Crippen LogP contribution in [0.5, 0.6) is 0 Å². The molecule has 178 valence electrons. The summed E-state index contributed by atoms with van der Waals surface area (Å²) < 4.78 is 25.1. The van der Waals surface area contributed by atoms with Gasteiger partial charge in [-0.1, -0.05) is 60.7 Å². The van der Waals surface area contributed by atoms with E-state index in [0.29, 0.717) is 0 Å². The Morgan fingerprint density at radius 1 is 0.939 bits per heavy atom. The van der Waals surface area contributed by atoms with E-state index < -0.39 is 42.6 Å². The highest BCUT2D eigenvalue weighted by molar-refractivity contribution is 5.88. The first-order valence-electron chi connectivity index (χ1n) is 11.3. The molecule has 3 rings (SSSR count). The van der Waals surface area contributed by atoms with Gasteiger partial charge in [0.05, 0.1) is 14.6 Å². The lowest BCUT2D eigenvalue weighted by molar-refractivity contribution is -0.311. The summed E-state index contributed by atoms with van der Waals surface area (Å²) in [6.45, 7) is 1.38. The molecule has 6 atom stereocenters. The second kappa shape index (κ2) is 12.1. The average molecular weight is 460 g/mol. The van der Waals surface area contributed by atoms with Gasteiger partial charge in [0, 0.05) is 12.8 Å². The smallest absolute Gasteiger partial charge is 0.184 e. The number of ether oxygens (including phenoxy) is 3. The number of ketones is 2. The fourth-order valence-electron chi connectivity index (χ4n) is 3.57. The first-order chi connectivity index (χ1) is 16.2. The summed E-state index contributed by atoms with van der Waals surface area (Å²) in [5, 5.41) is 31.8. The molecule has 8 nitrogen and oxygen atoms in total. The van der Waals surface area contributed by atoms with E-state index in [2.05, 4.69) is 0 Å². The lowest BCUT2D eigenvalue weighted by Crippen LogP contribution is -2.63. The van der Waals surface area contributed by atoms with Gasteiger partial charge in [-0.3, -0.25) is 4.79 Å². The van der Waals surface area contributed by atoms with E-state index in [4.69, 9.17) is 15.6 Å². The molecular weight excluding hydrogens is 428 g/mol. The van der Waals surface area contributed by atoms with Gasteiger partial charge in [-0.15, -0.1) is 0 Å². The van der Waals surface area contributed by atoms with E-state index in [0.717, 1.165) is 11.1 Å². The first-order valence-corrected chi connectivity index (χ1v) is 10.8. The minimum absolute atomic E-state index is 0.0188. The fraction of sp³-hybridized carbons (Fsp3) is 0.440. The van der Waals surface area contributed by atoms with Gasteiger partial charge in [0.25, 0.3) is 0 Å². The summed E-state index contributed by atoms with van der Waals surface area (Å²) in [4.78, 5) is 23.8. The molecule has 1 fully saturated rings. The van der Waals surface area contributed by atoms with Gasteiger partial charge >= 0.3 is 0 Å². The third-order valence-corrected chi connectivity index (χ3v) is 5.40. The number of Topliss-reactive ketones (excluding diaryl/α,β-unsaturated/α-hetero) is 2. The predicted molar refractivity (Wildman–Crippen MR) is 118 cm³/mol. The quantitative estimate of drug-likeness (QED) is 0.463. The Kier molecular flexibility index (Phi) is 8.71. The number of rotatable bonds is 11. The van der Waals surface area contributed by atoms with Crippen molar-refractivity contribution < 1.29 is 40.5 Å². The topological polar surface area (TPSA) is 123 Å². The van der Waals surface area contributed by atoms with E-state index in [1.165, 1.54) is 6.92 Å². The van der Waals surface area contributed by atoms with Crippen molar-refractivity contribution in [1.82, 2.24) is 0 Å². The van der Waals surface area contributed by atoms with Gasteiger partial charge in [0.2, 0.25) is 0 Å². The number of hydrogen-bond donors (Lipinski definition) is 3. The molecule has 0 bridgehead atoms. The Hall–Kier alpha value is -2.46. The van der Waals surface area contributed by atoms with Crippen molar-refractivity contribution in [2.45, 2.75) is 69.8 Å². The standard InChI is InChI=1S/C25H30O8/c1-16(26)12-13-19(27)20(28)23-24(32-15-18-10-6-3-7-11-18)22(21(29)25(30)33-23)31-14-17-8-4-2-5-9-17/h2-11,20-25,28-30H,12-15H2,1H3/t20?,21-,22-,23-,24-,25+/m1/s1/i25D. The Morgan fingerprint density at radius 2 is 1.45 bits per heavy atom. The molecule has 8 heteroatoms. The summed E-state index contributed by atoms with van der Waals surface area (Å²) >= 11 is 0. The zero-order valence-electron chi connectivity index (χ0n) is 19.4. The molecule has 2 aromatic rings. The Morgan fingerprint density at radius 3 is 1.97 bits per heavy atom. The van der Waals surface area contributed by atoms with Crippen molar-refractivity contribution in [3.05, 3.63) is 71.8 Å². The molecule has 33 heavy (non-hydrogen) atoms. The maximum atomic E-state index is 12.6. The van der Waals surface area contributed by atoms with Crippen LogP contribution in [-0.2, 0) is 37.0 Å². The molecule has 3 N–H and O–H groups in total. The van der Waals surface area contributed by atoms with E-state index >= 15 is 0 Å². The molecule has 0 aromatic heterocycles. The van der Waals surface area contributed by atoms with Gasteiger partial charge in [-0.05, 0) is 18.1 Å². The lowest BCUT2D eigenvalue weighted by Gasteiger charge is -2.44. The molecule has 1 aliphatic heterocycles. The van der Waals surface area contributed by atoms with Crippen molar-refractivity contribution in [3.63, 3.8) is 0 Å². The van der Waals surface area contributed by atoms with E-state index in [9.17, 15) is 24.9 Å². The van der Waals surface area contributed by atoms with Crippen molar-refractivity contribution in [1.29, 1.82) is 0 Å². The van der Waals surface area contributed by atoms with Crippen LogP contribution in [0.3, 0.4) is 0 Å². The van der Waals surface area contributed by atoms with Gasteiger partial charge in [-0.2, -0.15) is 0 Å². The largest absolute Gasteiger partial charge is 0.385 e. The Bertz CT molecular complexity index is 936. The highest BCUT2D eigenvalue weighted by Crippen LogP contribution is 2.29. The van der Waals surface area contributed by atoms with E-state index in [1.807, 2.05) is 48.5 Å². The minimum atomic E-state index is -2.86. The Balaban J connectivity index is 1.86. The monoisotopic (exact) mass is 459 g/mol. The van der Waals surface area contributed by atoms with Gasteiger partial charge in [0.15, 0.2) is 12.0 Å². The second-order valence-corrected chi connectivity index (χ2v) is 8.00. The third-order valence-electron chi connectivity index (χ3n) is 5.40. The molecule has 0 amide bonds. The highest BCUT2D eigenvalue weighted by Gasteiger charge is 2.50. The molecular formula is C25H30O8. The molecule has 0 radical (unpaired) electrons. The van der Waals surface area contributed by atoms with Gasteiger partial charge in [0.1, 0.15) is 36.3 Å². The number of aliphatic hydroxyl groups excluding tert-OH is 2. The second-order valence-electron chi connectivity index (χ2n) is 8.00. The van der Waals surface area contributed by atoms with Crippen LogP contribution in [-0.4, -0.2) is 63.7 Å². The average Bonchev–Trinajstić information content (AvgIpc) is 2.83. The molecule has 1 unspecified atom stereocenters. The number of benzene rings is 2. The summed E-state index contributed by atoms with van der Waals surface area (Å²) in [5.74, 6) is -0.930. The number of carbonyl (C=O) groups is 2. The SMILES string of the molecule is [2H][C@]1(O)O[C@H](C(O)C(=O)CCC(C)=O)[C@H](OCc2ccccc2)[C@H](OCc2ccccc2)[C@H]1O. The summed E-state index contributed by atoms with van der Waals surface area (Å²) in [6, 6.07) is 18.1. The molecule has 0 saturated carbocycles. The van der Waals surface area contributed by atoms with Gasteiger partial charge in [-0.25, -0.2) is 0 Å². The summed E-state index contributed by atoms with van der Waals surface area (Å²) in [7, 11) is 0. The van der Waals surface area contributed by atoms with Crippen LogP contribution < -0.4 is 0 Å². The molecule has 1 saturated heterocycles. The van der Waals surface area contributed by atoms with Crippen molar-refractivity contribution in [2.75, 3.05) is 0 Å². The van der Waals surface area contributed by atoms with Gasteiger partial charge < -0.3 is 34.3 Å². The van der Waals surface area contributed by atoms with E-state index in [1.54, 1.807) is 12.1 Å². The van der Waals surface area contributed by atoms with Crippen LogP contribution in [0.2, 0.25) is 0 Å². The predicted octanol–water partition coefficient (Wildman–Crippen LogP) is 1.53. The van der Waals surface area contributed by atoms with Crippen molar-refractivity contribution in [2.24, 2.45) is 0 Å². The Labute approximate surface area is 194 Å². The maximum absolute atomic E-state index is 12.6. The van der Waals surface area contributed by atoms with E-state index in [-0.39, 0.29) is 31.8 Å². The minimum Gasteiger partial charge on any atom is -0.385 e. The van der Waals surface area contributed by atoms with Crippen LogP contribution in [0.1, 0.15) is 32.3 Å². The highest BCUT2D eigenvalue weighted by atomic mass is 16.7. The van der Waals surface area contributed by atoms with Crippen LogP contribution in [0, 0.1) is 0 Å². The van der Waals surface area contributed by atoms with Crippen LogP contribution in [0.25, 0.3) is 0 Å². The molecule has 1 heterocycles. The van der Waals surface area contributed by atoms with Crippen molar-refractivity contribution in [3.8, 4) is 0 Å². The first kappa shape index (κ1) is 23.7. The lowest BCUT2D eigenvalue weighted by atomic mass is 9.91. The summed E-state index contributed by atoms with van der Waals surface area (Å²) in [6.07, 6.45) is -10.9. The fourth-order valence-corrected chi connectivity index (χ4v) is 3.57. The van der Waals surface area contributed by atoms with Crippen LogP contribution in [0.15, 0.2) is 60.7 Å². The number of hydrogen-bond acceptors (Lipinski definition) is 8. The molecule has 1 aliphatic rings. The molecule has 0 spiro atoms. The van der Waals surface area contributed by atoms with Crippen LogP contribution in [0.4, 0.5) is 0 Å². The maximum Gasteiger partial charge on any atom is 0.184 e. The number of aliphatic hydroxyl groups is 3. The third kappa shape index (κ3) is 7.01. The molecule has 2 aromatic carbocycles. The number of carbonyl (C=O) groups excluding carboxylic acids is 2. The van der Waals surface area contributed by atoms with Crippen LogP contribution >= 0.6 is 0 Å².